The first-order chi connectivity index (χ1) is 15.4. The van der Waals surface area contributed by atoms with Crippen molar-refractivity contribution in [2.24, 2.45) is 0 Å². The van der Waals surface area contributed by atoms with E-state index in [1.54, 1.807) is 0 Å². The summed E-state index contributed by atoms with van der Waals surface area (Å²) in [5.41, 5.74) is 0. The van der Waals surface area contributed by atoms with Crippen molar-refractivity contribution in [2.75, 3.05) is 59.3 Å². The van der Waals surface area contributed by atoms with Crippen molar-refractivity contribution in [3.8, 4) is 5.75 Å². The van der Waals surface area contributed by atoms with E-state index in [0.29, 0.717) is 26.4 Å². The van der Waals surface area contributed by atoms with Crippen LogP contribution in [0.3, 0.4) is 0 Å². The van der Waals surface area contributed by atoms with Gasteiger partial charge in [-0.15, -0.1) is 0 Å². The van der Waals surface area contributed by atoms with E-state index < -0.39 is 47.2 Å². The SMILES string of the molecule is O=C(CCOCCOCCOCCOC1CCNCC1)Oc1c(F)c(F)c(F)c(F)c1F. The highest BCUT2D eigenvalue weighted by Crippen LogP contribution is 2.29. The molecule has 0 saturated carbocycles. The molecule has 7 nitrogen and oxygen atoms in total. The summed E-state index contributed by atoms with van der Waals surface area (Å²) < 4.78 is 91.6. The first-order valence-corrected chi connectivity index (χ1v) is 10.2. The molecule has 0 amide bonds. The monoisotopic (exact) mass is 471 g/mol. The number of carbonyl (C=O) groups excluding carboxylic acids is 1. The van der Waals surface area contributed by atoms with Crippen molar-refractivity contribution in [2.45, 2.75) is 25.4 Å². The van der Waals surface area contributed by atoms with Gasteiger partial charge in [0.25, 0.3) is 0 Å². The highest BCUT2D eigenvalue weighted by Gasteiger charge is 2.28. The Morgan fingerprint density at radius 2 is 1.19 bits per heavy atom. The summed E-state index contributed by atoms with van der Waals surface area (Å²) >= 11 is 0. The molecule has 0 spiro atoms. The Balaban J connectivity index is 1.46. The summed E-state index contributed by atoms with van der Waals surface area (Å²) in [6, 6.07) is 0. The van der Waals surface area contributed by atoms with Gasteiger partial charge in [0.15, 0.2) is 0 Å². The topological polar surface area (TPSA) is 75.3 Å². The lowest BCUT2D eigenvalue weighted by Crippen LogP contribution is -2.33. The summed E-state index contributed by atoms with van der Waals surface area (Å²) in [6.07, 6.45) is 1.82. The summed E-state index contributed by atoms with van der Waals surface area (Å²) in [7, 11) is 0. The van der Waals surface area contributed by atoms with Crippen LogP contribution in [-0.4, -0.2) is 71.4 Å². The third-order valence-corrected chi connectivity index (χ3v) is 4.45. The normalized spacial score (nSPS) is 14.7. The second-order valence-electron chi connectivity index (χ2n) is 6.78. The van der Waals surface area contributed by atoms with Crippen molar-refractivity contribution in [3.05, 3.63) is 29.1 Å². The summed E-state index contributed by atoms with van der Waals surface area (Å²) in [5, 5.41) is 3.26. The largest absolute Gasteiger partial charge is 0.420 e. The van der Waals surface area contributed by atoms with Crippen molar-refractivity contribution in [1.82, 2.24) is 5.32 Å². The molecule has 0 bridgehead atoms. The lowest BCUT2D eigenvalue weighted by molar-refractivity contribution is -0.136. The Morgan fingerprint density at radius 3 is 1.75 bits per heavy atom. The Hall–Kier alpha value is -1.86. The maximum absolute atomic E-state index is 13.4. The standard InChI is InChI=1S/C20H26F5NO6/c21-15-16(22)18(24)20(19(25)17(15)23)32-14(27)3-6-28-7-8-29-9-10-30-11-12-31-13-1-4-26-5-2-13/h13,26H,1-12H2. The number of rotatable bonds is 14. The van der Waals surface area contributed by atoms with Crippen molar-refractivity contribution in [1.29, 1.82) is 0 Å². The van der Waals surface area contributed by atoms with E-state index in [9.17, 15) is 26.7 Å². The lowest BCUT2D eigenvalue weighted by atomic mass is 10.1. The number of benzene rings is 1. The van der Waals surface area contributed by atoms with Crippen LogP contribution in [-0.2, 0) is 23.7 Å². The van der Waals surface area contributed by atoms with Gasteiger partial charge in [-0.25, -0.2) is 13.2 Å². The van der Waals surface area contributed by atoms with E-state index >= 15 is 0 Å². The molecule has 1 aromatic carbocycles. The van der Waals surface area contributed by atoms with Gasteiger partial charge in [-0.05, 0) is 25.9 Å². The van der Waals surface area contributed by atoms with Gasteiger partial charge in [-0.2, -0.15) is 8.78 Å². The van der Waals surface area contributed by atoms with Gasteiger partial charge < -0.3 is 29.0 Å². The molecule has 0 unspecified atom stereocenters. The zero-order valence-corrected chi connectivity index (χ0v) is 17.4. The van der Waals surface area contributed by atoms with Crippen molar-refractivity contribution < 1.29 is 50.4 Å². The molecule has 1 aliphatic heterocycles. The van der Waals surface area contributed by atoms with E-state index in [2.05, 4.69) is 10.1 Å². The average Bonchev–Trinajstić information content (AvgIpc) is 2.80. The minimum Gasteiger partial charge on any atom is -0.420 e. The predicted octanol–water partition coefficient (Wildman–Crippen LogP) is 2.50. The fourth-order valence-electron chi connectivity index (χ4n) is 2.77. The lowest BCUT2D eigenvalue weighted by Gasteiger charge is -2.22. The van der Waals surface area contributed by atoms with Crippen LogP contribution in [0.25, 0.3) is 0 Å². The van der Waals surface area contributed by atoms with E-state index in [-0.39, 0.29) is 25.9 Å². The van der Waals surface area contributed by atoms with Crippen LogP contribution < -0.4 is 10.1 Å². The molecule has 0 aromatic heterocycles. The summed E-state index contributed by atoms with van der Waals surface area (Å²) in [4.78, 5) is 11.6. The number of carbonyl (C=O) groups is 1. The van der Waals surface area contributed by atoms with Gasteiger partial charge in [-0.1, -0.05) is 0 Å². The first-order valence-electron chi connectivity index (χ1n) is 10.2. The summed E-state index contributed by atoms with van der Waals surface area (Å²) in [6.45, 7) is 3.77. The zero-order chi connectivity index (χ0) is 23.3. The van der Waals surface area contributed by atoms with E-state index in [1.165, 1.54) is 0 Å². The fourth-order valence-corrected chi connectivity index (χ4v) is 2.77. The van der Waals surface area contributed by atoms with Crippen LogP contribution in [0.15, 0.2) is 0 Å². The first kappa shape index (κ1) is 26.4. The molecule has 0 radical (unpaired) electrons. The molecule has 32 heavy (non-hydrogen) atoms. The maximum Gasteiger partial charge on any atom is 0.313 e. The molecule has 1 heterocycles. The maximum atomic E-state index is 13.4. The Labute approximate surface area is 182 Å². The van der Waals surface area contributed by atoms with Gasteiger partial charge >= 0.3 is 5.97 Å². The highest BCUT2D eigenvalue weighted by molar-refractivity contribution is 5.72. The van der Waals surface area contributed by atoms with Crippen LogP contribution in [0, 0.1) is 29.1 Å². The number of halogens is 5. The van der Waals surface area contributed by atoms with E-state index in [4.69, 9.17) is 18.9 Å². The van der Waals surface area contributed by atoms with Gasteiger partial charge in [0.05, 0.1) is 58.8 Å². The second-order valence-corrected chi connectivity index (χ2v) is 6.78. The van der Waals surface area contributed by atoms with Gasteiger partial charge in [-0.3, -0.25) is 4.79 Å². The smallest absolute Gasteiger partial charge is 0.313 e. The van der Waals surface area contributed by atoms with E-state index in [1.807, 2.05) is 0 Å². The van der Waals surface area contributed by atoms with Crippen LogP contribution in [0.1, 0.15) is 19.3 Å². The van der Waals surface area contributed by atoms with Gasteiger partial charge in [0, 0.05) is 0 Å². The quantitative estimate of drug-likeness (QED) is 0.112. The minimum absolute atomic E-state index is 0.120. The molecule has 182 valence electrons. The van der Waals surface area contributed by atoms with Crippen LogP contribution in [0.5, 0.6) is 5.75 Å². The number of hydrogen-bond acceptors (Lipinski definition) is 7. The molecule has 2 rings (SSSR count). The molecular formula is C20H26F5NO6. The molecule has 1 N–H and O–H groups in total. The molecule has 1 aromatic rings. The molecule has 0 aliphatic carbocycles. The van der Waals surface area contributed by atoms with Crippen molar-refractivity contribution >= 4 is 5.97 Å². The zero-order valence-electron chi connectivity index (χ0n) is 17.4. The minimum atomic E-state index is -2.33. The molecule has 12 heteroatoms. The Morgan fingerprint density at radius 1 is 0.719 bits per heavy atom. The fraction of sp³-hybridized carbons (Fsp3) is 0.650. The average molecular weight is 471 g/mol. The van der Waals surface area contributed by atoms with Gasteiger partial charge in [0.2, 0.25) is 34.8 Å². The highest BCUT2D eigenvalue weighted by atomic mass is 19.2. The van der Waals surface area contributed by atoms with E-state index in [0.717, 1.165) is 25.9 Å². The molecular weight excluding hydrogens is 445 g/mol. The Kier molecular flexibility index (Phi) is 11.8. The third-order valence-electron chi connectivity index (χ3n) is 4.45. The number of ether oxygens (including phenoxy) is 5. The molecule has 1 aliphatic rings. The second kappa shape index (κ2) is 14.3. The van der Waals surface area contributed by atoms with Crippen LogP contribution in [0.4, 0.5) is 22.0 Å². The third kappa shape index (κ3) is 8.58. The number of esters is 1. The molecule has 1 fully saturated rings. The number of hydrogen-bond donors (Lipinski definition) is 1. The van der Waals surface area contributed by atoms with Crippen LogP contribution in [0.2, 0.25) is 0 Å². The summed E-state index contributed by atoms with van der Waals surface area (Å²) in [5.74, 6) is -14.0. The van der Waals surface area contributed by atoms with Crippen LogP contribution >= 0.6 is 0 Å². The predicted molar refractivity (Wildman–Crippen MR) is 101 cm³/mol. The van der Waals surface area contributed by atoms with Crippen molar-refractivity contribution in [3.63, 3.8) is 0 Å². The number of piperidine rings is 1. The molecule has 1 saturated heterocycles. The number of nitrogens with one attached hydrogen (secondary N) is 1. The molecule has 0 atom stereocenters. The Bertz CT molecular complexity index is 704. The van der Waals surface area contributed by atoms with Gasteiger partial charge in [0.1, 0.15) is 0 Å².